The second-order valence-corrected chi connectivity index (χ2v) is 6.46. The molecule has 6 heteroatoms. The van der Waals surface area contributed by atoms with Crippen LogP contribution in [0.15, 0.2) is 42.5 Å². The first kappa shape index (κ1) is 17.9. The summed E-state index contributed by atoms with van der Waals surface area (Å²) in [7, 11) is 1.59. The number of carbonyl (C=O) groups is 2. The minimum atomic E-state index is -0.304. The Hall–Kier alpha value is -2.89. The van der Waals surface area contributed by atoms with Gasteiger partial charge in [-0.1, -0.05) is 12.1 Å². The maximum absolute atomic E-state index is 13.0. The van der Waals surface area contributed by atoms with E-state index in [2.05, 4.69) is 5.32 Å². The van der Waals surface area contributed by atoms with Gasteiger partial charge in [-0.2, -0.15) is 0 Å². The number of aryl methyl sites for hydroxylation is 1. The standard InChI is InChI=1S/C20H21FN2O3/c1-13-9-15(5-8-18(13)26-2)20(25)22-17-10-19(24)23(12-17)11-14-3-6-16(21)7-4-14/h3-9,17H,10-12H2,1-2H3,(H,22,25)/t17-/m0/s1. The van der Waals surface area contributed by atoms with Crippen LogP contribution in [-0.4, -0.2) is 36.4 Å². The molecule has 5 nitrogen and oxygen atoms in total. The maximum atomic E-state index is 13.0. The van der Waals surface area contributed by atoms with Crippen LogP contribution in [0.3, 0.4) is 0 Å². The summed E-state index contributed by atoms with van der Waals surface area (Å²) in [6.45, 7) is 2.73. The fourth-order valence-corrected chi connectivity index (χ4v) is 3.12. The van der Waals surface area contributed by atoms with Crippen molar-refractivity contribution in [2.75, 3.05) is 13.7 Å². The molecule has 0 saturated carbocycles. The molecule has 0 aliphatic carbocycles. The zero-order chi connectivity index (χ0) is 18.7. The summed E-state index contributed by atoms with van der Waals surface area (Å²) in [5, 5.41) is 2.91. The van der Waals surface area contributed by atoms with Crippen molar-refractivity contribution in [3.8, 4) is 5.75 Å². The van der Waals surface area contributed by atoms with Crippen molar-refractivity contribution >= 4 is 11.8 Å². The molecule has 1 atom stereocenters. The third-order valence-electron chi connectivity index (χ3n) is 4.49. The normalized spacial score (nSPS) is 16.7. The average Bonchev–Trinajstić information content (AvgIpc) is 2.96. The zero-order valence-electron chi connectivity index (χ0n) is 14.8. The Bertz CT molecular complexity index is 820. The van der Waals surface area contributed by atoms with E-state index in [-0.39, 0.29) is 30.1 Å². The van der Waals surface area contributed by atoms with E-state index in [0.29, 0.717) is 18.7 Å². The van der Waals surface area contributed by atoms with Gasteiger partial charge in [0, 0.05) is 25.1 Å². The van der Waals surface area contributed by atoms with Crippen molar-refractivity contribution in [2.45, 2.75) is 25.9 Å². The minimum absolute atomic E-state index is 0.0227. The number of nitrogens with one attached hydrogen (secondary N) is 1. The molecule has 136 valence electrons. The summed E-state index contributed by atoms with van der Waals surface area (Å²) >= 11 is 0. The van der Waals surface area contributed by atoms with Crippen LogP contribution < -0.4 is 10.1 Å². The smallest absolute Gasteiger partial charge is 0.251 e. The fraction of sp³-hybridized carbons (Fsp3) is 0.300. The van der Waals surface area contributed by atoms with Gasteiger partial charge in [-0.05, 0) is 48.4 Å². The van der Waals surface area contributed by atoms with E-state index in [4.69, 9.17) is 4.74 Å². The van der Waals surface area contributed by atoms with Crippen molar-refractivity contribution in [1.29, 1.82) is 0 Å². The number of nitrogens with zero attached hydrogens (tertiary/aromatic N) is 1. The lowest BCUT2D eigenvalue weighted by molar-refractivity contribution is -0.128. The lowest BCUT2D eigenvalue weighted by Crippen LogP contribution is -2.37. The molecule has 1 aliphatic heterocycles. The highest BCUT2D eigenvalue weighted by atomic mass is 19.1. The molecule has 0 aromatic heterocycles. The Kier molecular flexibility index (Phi) is 5.21. The predicted octanol–water partition coefficient (Wildman–Crippen LogP) is 2.67. The highest BCUT2D eigenvalue weighted by Gasteiger charge is 2.30. The molecule has 26 heavy (non-hydrogen) atoms. The first-order chi connectivity index (χ1) is 12.5. The van der Waals surface area contributed by atoms with Crippen molar-refractivity contribution in [3.05, 3.63) is 65.0 Å². The number of hydrogen-bond donors (Lipinski definition) is 1. The number of likely N-dealkylation sites (tertiary alicyclic amines) is 1. The van der Waals surface area contributed by atoms with Gasteiger partial charge in [-0.3, -0.25) is 9.59 Å². The number of benzene rings is 2. The molecule has 3 rings (SSSR count). The van der Waals surface area contributed by atoms with E-state index in [9.17, 15) is 14.0 Å². The Balaban J connectivity index is 1.60. The summed E-state index contributed by atoms with van der Waals surface area (Å²) in [6.07, 6.45) is 0.266. The summed E-state index contributed by atoms with van der Waals surface area (Å²) in [4.78, 5) is 26.3. The monoisotopic (exact) mass is 356 g/mol. The molecule has 0 radical (unpaired) electrons. The van der Waals surface area contributed by atoms with Crippen LogP contribution in [0, 0.1) is 12.7 Å². The number of hydrogen-bond acceptors (Lipinski definition) is 3. The second-order valence-electron chi connectivity index (χ2n) is 6.46. The third kappa shape index (κ3) is 4.02. The number of ether oxygens (including phenoxy) is 1. The second kappa shape index (κ2) is 7.56. The Morgan fingerprint density at radius 3 is 2.65 bits per heavy atom. The lowest BCUT2D eigenvalue weighted by Gasteiger charge is -2.17. The van der Waals surface area contributed by atoms with Gasteiger partial charge in [-0.15, -0.1) is 0 Å². The van der Waals surface area contributed by atoms with Gasteiger partial charge < -0.3 is 15.0 Å². The summed E-state index contributed by atoms with van der Waals surface area (Å²) in [6, 6.07) is 11.1. The van der Waals surface area contributed by atoms with E-state index < -0.39 is 0 Å². The van der Waals surface area contributed by atoms with Crippen LogP contribution in [-0.2, 0) is 11.3 Å². The molecule has 2 aromatic carbocycles. The highest BCUT2D eigenvalue weighted by molar-refractivity contribution is 5.95. The Labute approximate surface area is 151 Å². The molecule has 1 saturated heterocycles. The van der Waals surface area contributed by atoms with E-state index in [1.807, 2.05) is 6.92 Å². The minimum Gasteiger partial charge on any atom is -0.496 e. The molecule has 1 aliphatic rings. The SMILES string of the molecule is COc1ccc(C(=O)N[C@H]2CC(=O)N(Cc3ccc(F)cc3)C2)cc1C. The van der Waals surface area contributed by atoms with E-state index in [0.717, 1.165) is 16.9 Å². The topological polar surface area (TPSA) is 58.6 Å². The molecule has 0 spiro atoms. The van der Waals surface area contributed by atoms with Crippen LogP contribution in [0.2, 0.25) is 0 Å². The van der Waals surface area contributed by atoms with Crippen molar-refractivity contribution in [3.63, 3.8) is 0 Å². The first-order valence-corrected chi connectivity index (χ1v) is 8.44. The average molecular weight is 356 g/mol. The molecule has 2 aromatic rings. The molecule has 1 N–H and O–H groups in total. The molecular formula is C20H21FN2O3. The Morgan fingerprint density at radius 1 is 1.27 bits per heavy atom. The van der Waals surface area contributed by atoms with Gasteiger partial charge in [0.1, 0.15) is 11.6 Å². The van der Waals surface area contributed by atoms with Gasteiger partial charge in [0.2, 0.25) is 5.91 Å². The largest absolute Gasteiger partial charge is 0.496 e. The number of methoxy groups -OCH3 is 1. The number of carbonyl (C=O) groups excluding carboxylic acids is 2. The van der Waals surface area contributed by atoms with E-state index >= 15 is 0 Å². The van der Waals surface area contributed by atoms with Crippen LogP contribution in [0.5, 0.6) is 5.75 Å². The van der Waals surface area contributed by atoms with Crippen molar-refractivity contribution < 1.29 is 18.7 Å². The van der Waals surface area contributed by atoms with Crippen LogP contribution in [0.25, 0.3) is 0 Å². The van der Waals surface area contributed by atoms with Gasteiger partial charge in [0.15, 0.2) is 0 Å². The van der Waals surface area contributed by atoms with Gasteiger partial charge in [0.05, 0.1) is 13.2 Å². The zero-order valence-corrected chi connectivity index (χ0v) is 14.8. The molecule has 2 amide bonds. The van der Waals surface area contributed by atoms with Gasteiger partial charge in [-0.25, -0.2) is 4.39 Å². The molecule has 1 heterocycles. The number of rotatable bonds is 5. The maximum Gasteiger partial charge on any atom is 0.251 e. The van der Waals surface area contributed by atoms with E-state index in [1.54, 1.807) is 42.3 Å². The van der Waals surface area contributed by atoms with E-state index in [1.165, 1.54) is 12.1 Å². The molecule has 0 unspecified atom stereocenters. The van der Waals surface area contributed by atoms with Gasteiger partial charge in [0.25, 0.3) is 5.91 Å². The first-order valence-electron chi connectivity index (χ1n) is 8.44. The molecular weight excluding hydrogens is 335 g/mol. The van der Waals surface area contributed by atoms with Crippen LogP contribution in [0.4, 0.5) is 4.39 Å². The highest BCUT2D eigenvalue weighted by Crippen LogP contribution is 2.20. The lowest BCUT2D eigenvalue weighted by atomic mass is 10.1. The van der Waals surface area contributed by atoms with Gasteiger partial charge >= 0.3 is 0 Å². The quantitative estimate of drug-likeness (QED) is 0.896. The van der Waals surface area contributed by atoms with Crippen molar-refractivity contribution in [2.24, 2.45) is 0 Å². The van der Waals surface area contributed by atoms with Crippen molar-refractivity contribution in [1.82, 2.24) is 10.2 Å². The summed E-state index contributed by atoms with van der Waals surface area (Å²) < 4.78 is 18.2. The van der Waals surface area contributed by atoms with Crippen LogP contribution in [0.1, 0.15) is 27.9 Å². The number of halogens is 1. The third-order valence-corrected chi connectivity index (χ3v) is 4.49. The van der Waals surface area contributed by atoms with Crippen LogP contribution >= 0.6 is 0 Å². The fourth-order valence-electron chi connectivity index (χ4n) is 3.12. The summed E-state index contributed by atoms with van der Waals surface area (Å²) in [5.74, 6) is 0.187. The summed E-state index contributed by atoms with van der Waals surface area (Å²) in [5.41, 5.74) is 2.27. The Morgan fingerprint density at radius 2 is 2.00 bits per heavy atom. The number of amides is 2. The molecule has 0 bridgehead atoms. The molecule has 1 fully saturated rings. The predicted molar refractivity (Wildman–Crippen MR) is 95.4 cm³/mol.